The Morgan fingerprint density at radius 1 is 1.91 bits per heavy atom. The lowest BCUT2D eigenvalue weighted by Crippen LogP contribution is -2.42. The van der Waals surface area contributed by atoms with Gasteiger partial charge in [-0.15, -0.1) is 11.8 Å². The van der Waals surface area contributed by atoms with Crippen LogP contribution in [-0.2, 0) is 4.79 Å². The summed E-state index contributed by atoms with van der Waals surface area (Å²) in [5.74, 6) is -0.0608. The Balaban J connectivity index is 2.53. The molecule has 0 amide bonds. The van der Waals surface area contributed by atoms with E-state index >= 15 is 0 Å². The molecule has 0 radical (unpaired) electrons. The average molecular weight is 175 g/mol. The first-order valence-corrected chi connectivity index (χ1v) is 4.70. The van der Waals surface area contributed by atoms with Crippen molar-refractivity contribution in [2.24, 2.45) is 0 Å². The van der Waals surface area contributed by atoms with Crippen LogP contribution in [0.2, 0.25) is 0 Å². The lowest BCUT2D eigenvalue weighted by molar-refractivity contribution is -0.138. The molecule has 1 aliphatic heterocycles. The number of carbonyl (C=O) groups is 1. The van der Waals surface area contributed by atoms with Gasteiger partial charge < -0.3 is 5.11 Å². The van der Waals surface area contributed by atoms with E-state index in [0.717, 1.165) is 6.42 Å². The largest absolute Gasteiger partial charge is 0.480 e. The van der Waals surface area contributed by atoms with E-state index in [1.807, 2.05) is 6.92 Å². The number of rotatable bonds is 2. The Morgan fingerprint density at radius 2 is 2.55 bits per heavy atom. The van der Waals surface area contributed by atoms with E-state index in [9.17, 15) is 4.79 Å². The standard InChI is InChI=1S/C7H13NO2S/c1-3-7(2)8-5(4-11-7)6(9)10/h5,8H,3-4H2,1-2H3,(H,9,10)/t5-,7+/m1/s1. The van der Waals surface area contributed by atoms with Gasteiger partial charge in [0.25, 0.3) is 0 Å². The monoisotopic (exact) mass is 175 g/mol. The zero-order valence-corrected chi connectivity index (χ0v) is 7.57. The van der Waals surface area contributed by atoms with Gasteiger partial charge >= 0.3 is 5.97 Å². The van der Waals surface area contributed by atoms with Crippen molar-refractivity contribution in [2.75, 3.05) is 5.75 Å². The minimum Gasteiger partial charge on any atom is -0.480 e. The molecule has 1 aliphatic rings. The van der Waals surface area contributed by atoms with Crippen LogP contribution in [-0.4, -0.2) is 27.7 Å². The molecule has 0 unspecified atom stereocenters. The van der Waals surface area contributed by atoms with Crippen LogP contribution in [0.15, 0.2) is 0 Å². The molecule has 0 bridgehead atoms. The van der Waals surface area contributed by atoms with Crippen LogP contribution in [0.25, 0.3) is 0 Å². The molecule has 0 aromatic carbocycles. The second-order valence-corrected chi connectivity index (χ2v) is 4.45. The number of thioether (sulfide) groups is 1. The third-order valence-corrected chi connectivity index (χ3v) is 3.56. The maximum atomic E-state index is 10.5. The Hall–Kier alpha value is -0.220. The van der Waals surface area contributed by atoms with Crippen molar-refractivity contribution < 1.29 is 9.90 Å². The SMILES string of the molecule is CC[C@@]1(C)N[C@@H](C(=O)O)CS1. The van der Waals surface area contributed by atoms with Gasteiger partial charge in [0.15, 0.2) is 0 Å². The molecule has 0 aromatic heterocycles. The molecule has 1 saturated heterocycles. The molecular formula is C7H13NO2S. The summed E-state index contributed by atoms with van der Waals surface area (Å²) in [7, 11) is 0. The molecule has 3 nitrogen and oxygen atoms in total. The zero-order chi connectivity index (χ0) is 8.48. The van der Waals surface area contributed by atoms with Gasteiger partial charge in [-0.2, -0.15) is 0 Å². The van der Waals surface area contributed by atoms with Gasteiger partial charge in [-0.05, 0) is 13.3 Å². The lowest BCUT2D eigenvalue weighted by atomic mass is 10.2. The topological polar surface area (TPSA) is 49.3 Å². The van der Waals surface area contributed by atoms with Gasteiger partial charge in [0.1, 0.15) is 6.04 Å². The van der Waals surface area contributed by atoms with E-state index in [1.54, 1.807) is 11.8 Å². The van der Waals surface area contributed by atoms with Crippen molar-refractivity contribution in [2.45, 2.75) is 31.2 Å². The number of carboxylic acid groups (broad SMARTS) is 1. The van der Waals surface area contributed by atoms with Crippen LogP contribution in [0, 0.1) is 0 Å². The summed E-state index contributed by atoms with van der Waals surface area (Å²) in [5, 5.41) is 11.7. The van der Waals surface area contributed by atoms with Crippen molar-refractivity contribution in [3.63, 3.8) is 0 Å². The van der Waals surface area contributed by atoms with Gasteiger partial charge in [0.2, 0.25) is 0 Å². The highest BCUT2D eigenvalue weighted by atomic mass is 32.2. The Labute approximate surface area is 70.6 Å². The third-order valence-electron chi connectivity index (χ3n) is 2.02. The van der Waals surface area contributed by atoms with E-state index in [1.165, 1.54) is 0 Å². The summed E-state index contributed by atoms with van der Waals surface area (Å²) in [6.45, 7) is 4.10. The van der Waals surface area contributed by atoms with Crippen LogP contribution in [0.3, 0.4) is 0 Å². The molecule has 0 saturated carbocycles. The Morgan fingerprint density at radius 3 is 2.82 bits per heavy atom. The molecule has 1 fully saturated rings. The number of aliphatic carboxylic acids is 1. The number of carboxylic acids is 1. The van der Waals surface area contributed by atoms with Crippen LogP contribution in [0.4, 0.5) is 0 Å². The summed E-state index contributed by atoms with van der Waals surface area (Å²) < 4.78 is 0. The molecule has 1 heterocycles. The number of nitrogens with one attached hydrogen (secondary N) is 1. The van der Waals surface area contributed by atoms with E-state index in [0.29, 0.717) is 5.75 Å². The van der Waals surface area contributed by atoms with Gasteiger partial charge in [-0.1, -0.05) is 6.92 Å². The maximum absolute atomic E-state index is 10.5. The molecule has 0 spiro atoms. The van der Waals surface area contributed by atoms with Crippen molar-refractivity contribution in [1.82, 2.24) is 5.32 Å². The summed E-state index contributed by atoms with van der Waals surface area (Å²) in [6, 6.07) is -0.357. The molecule has 64 valence electrons. The normalized spacial score (nSPS) is 37.5. The first kappa shape index (κ1) is 8.87. The van der Waals surface area contributed by atoms with Gasteiger partial charge in [0, 0.05) is 5.75 Å². The average Bonchev–Trinajstić information content (AvgIpc) is 2.33. The summed E-state index contributed by atoms with van der Waals surface area (Å²) >= 11 is 1.69. The highest BCUT2D eigenvalue weighted by Gasteiger charge is 2.36. The second kappa shape index (κ2) is 3.03. The van der Waals surface area contributed by atoms with Crippen molar-refractivity contribution in [1.29, 1.82) is 0 Å². The van der Waals surface area contributed by atoms with E-state index in [2.05, 4.69) is 12.2 Å². The molecule has 0 aromatic rings. The predicted octanol–water partition coefficient (Wildman–Crippen LogP) is 0.902. The number of hydrogen-bond acceptors (Lipinski definition) is 3. The van der Waals surface area contributed by atoms with Crippen molar-refractivity contribution in [3.05, 3.63) is 0 Å². The zero-order valence-electron chi connectivity index (χ0n) is 6.76. The Bertz CT molecular complexity index is 174. The van der Waals surface area contributed by atoms with Crippen LogP contribution >= 0.6 is 11.8 Å². The van der Waals surface area contributed by atoms with Gasteiger partial charge in [-0.25, -0.2) is 0 Å². The van der Waals surface area contributed by atoms with Crippen LogP contribution < -0.4 is 5.32 Å². The molecular weight excluding hydrogens is 162 g/mol. The van der Waals surface area contributed by atoms with Crippen molar-refractivity contribution in [3.8, 4) is 0 Å². The van der Waals surface area contributed by atoms with E-state index < -0.39 is 5.97 Å². The van der Waals surface area contributed by atoms with Crippen LogP contribution in [0.5, 0.6) is 0 Å². The predicted molar refractivity (Wildman–Crippen MR) is 45.7 cm³/mol. The fraction of sp³-hybridized carbons (Fsp3) is 0.857. The molecule has 4 heteroatoms. The lowest BCUT2D eigenvalue weighted by Gasteiger charge is -2.21. The maximum Gasteiger partial charge on any atom is 0.321 e. The van der Waals surface area contributed by atoms with Crippen LogP contribution in [0.1, 0.15) is 20.3 Å². The first-order valence-electron chi connectivity index (χ1n) is 3.72. The summed E-state index contributed by atoms with van der Waals surface area (Å²) in [4.78, 5) is 10.5. The molecule has 11 heavy (non-hydrogen) atoms. The Kier molecular flexibility index (Phi) is 2.44. The number of hydrogen-bond donors (Lipinski definition) is 2. The molecule has 2 atom stereocenters. The van der Waals surface area contributed by atoms with Crippen molar-refractivity contribution >= 4 is 17.7 Å². The minimum absolute atomic E-state index is 0.0247. The third kappa shape index (κ3) is 1.87. The highest BCUT2D eigenvalue weighted by Crippen LogP contribution is 2.32. The molecule has 1 rings (SSSR count). The van der Waals surface area contributed by atoms with Gasteiger partial charge in [-0.3, -0.25) is 10.1 Å². The smallest absolute Gasteiger partial charge is 0.321 e. The minimum atomic E-state index is -0.741. The highest BCUT2D eigenvalue weighted by molar-refractivity contribution is 8.00. The molecule has 0 aliphatic carbocycles. The van der Waals surface area contributed by atoms with E-state index in [-0.39, 0.29) is 10.9 Å². The summed E-state index contributed by atoms with van der Waals surface area (Å²) in [5.41, 5.74) is 0. The quantitative estimate of drug-likeness (QED) is 0.654. The van der Waals surface area contributed by atoms with Gasteiger partial charge in [0.05, 0.1) is 4.87 Å². The second-order valence-electron chi connectivity index (χ2n) is 2.93. The molecule has 2 N–H and O–H groups in total. The fourth-order valence-electron chi connectivity index (χ4n) is 1.06. The first-order chi connectivity index (χ1) is 5.07. The van der Waals surface area contributed by atoms with E-state index in [4.69, 9.17) is 5.11 Å². The fourth-order valence-corrected chi connectivity index (χ4v) is 2.25. The summed E-state index contributed by atoms with van der Waals surface area (Å²) in [6.07, 6.45) is 0.960.